The van der Waals surface area contributed by atoms with Crippen molar-refractivity contribution in [2.24, 2.45) is 5.92 Å². The van der Waals surface area contributed by atoms with E-state index in [1.54, 1.807) is 19.1 Å². The number of rotatable bonds is 7. The highest BCUT2D eigenvalue weighted by molar-refractivity contribution is 5.64. The maximum Gasteiger partial charge on any atom is 0.282 e. The Labute approximate surface area is 167 Å². The van der Waals surface area contributed by atoms with Crippen molar-refractivity contribution in [3.63, 3.8) is 0 Å². The lowest BCUT2D eigenvalue weighted by atomic mass is 9.77. The van der Waals surface area contributed by atoms with Crippen molar-refractivity contribution in [3.8, 4) is 11.1 Å². The van der Waals surface area contributed by atoms with E-state index in [9.17, 15) is 13.2 Å². The van der Waals surface area contributed by atoms with Gasteiger partial charge >= 0.3 is 0 Å². The Hall–Kier alpha value is -1.77. The molecule has 0 N–H and O–H groups in total. The van der Waals surface area contributed by atoms with Gasteiger partial charge in [-0.05, 0) is 59.8 Å². The van der Waals surface area contributed by atoms with Gasteiger partial charge in [0.25, 0.3) is 5.92 Å². The van der Waals surface area contributed by atoms with Gasteiger partial charge in [0, 0.05) is 6.42 Å². The minimum Gasteiger partial charge on any atom is -0.236 e. The largest absolute Gasteiger partial charge is 0.282 e. The molecule has 0 aliphatic heterocycles. The van der Waals surface area contributed by atoms with Crippen LogP contribution in [0, 0.1) is 5.92 Å². The minimum absolute atomic E-state index is 0.0477. The molecule has 0 spiro atoms. The summed E-state index contributed by atoms with van der Waals surface area (Å²) in [7, 11) is 0. The van der Waals surface area contributed by atoms with E-state index in [0.29, 0.717) is 5.92 Å². The second-order valence-corrected chi connectivity index (χ2v) is 8.24. The number of alkyl halides is 3. The van der Waals surface area contributed by atoms with Gasteiger partial charge in [0.15, 0.2) is 6.17 Å². The Bertz CT molecular complexity index is 725. The van der Waals surface area contributed by atoms with Crippen LogP contribution >= 0.6 is 0 Å². The van der Waals surface area contributed by atoms with E-state index in [2.05, 4.69) is 31.2 Å². The van der Waals surface area contributed by atoms with Gasteiger partial charge in [-0.25, -0.2) is 13.2 Å². The summed E-state index contributed by atoms with van der Waals surface area (Å²) in [5.74, 6) is -1.78. The molecular weight excluding hydrogens is 357 g/mol. The fourth-order valence-electron chi connectivity index (χ4n) is 4.40. The molecule has 0 heterocycles. The van der Waals surface area contributed by atoms with Crippen molar-refractivity contribution < 1.29 is 13.2 Å². The first-order valence-electron chi connectivity index (χ1n) is 10.7. The fourth-order valence-corrected chi connectivity index (χ4v) is 4.40. The summed E-state index contributed by atoms with van der Waals surface area (Å²) >= 11 is 0. The van der Waals surface area contributed by atoms with E-state index >= 15 is 0 Å². The maximum atomic E-state index is 14.2. The lowest BCUT2D eigenvalue weighted by Crippen LogP contribution is -2.22. The predicted molar refractivity (Wildman–Crippen MR) is 111 cm³/mol. The van der Waals surface area contributed by atoms with Crippen molar-refractivity contribution in [2.75, 3.05) is 0 Å². The summed E-state index contributed by atoms with van der Waals surface area (Å²) in [4.78, 5) is 0. The maximum absolute atomic E-state index is 14.2. The zero-order chi connectivity index (χ0) is 20.1. The minimum atomic E-state index is -3.31. The molecule has 1 aliphatic carbocycles. The highest BCUT2D eigenvalue weighted by Gasteiger charge is 2.39. The van der Waals surface area contributed by atoms with Crippen LogP contribution in [0.2, 0.25) is 0 Å². The molecule has 0 aromatic heterocycles. The quantitative estimate of drug-likeness (QED) is 0.446. The van der Waals surface area contributed by atoms with Crippen molar-refractivity contribution in [3.05, 3.63) is 59.7 Å². The van der Waals surface area contributed by atoms with Crippen LogP contribution in [-0.2, 0) is 0 Å². The van der Waals surface area contributed by atoms with E-state index in [4.69, 9.17) is 0 Å². The zero-order valence-electron chi connectivity index (χ0n) is 16.9. The molecule has 1 fully saturated rings. The molecule has 28 heavy (non-hydrogen) atoms. The first-order chi connectivity index (χ1) is 13.4. The molecule has 0 nitrogen and oxygen atoms in total. The number of halogens is 3. The average molecular weight is 389 g/mol. The Balaban J connectivity index is 1.67. The third kappa shape index (κ3) is 4.79. The van der Waals surface area contributed by atoms with Crippen LogP contribution in [0.3, 0.4) is 0 Å². The first-order valence-corrected chi connectivity index (χ1v) is 10.7. The molecule has 3 rings (SSSR count). The van der Waals surface area contributed by atoms with Crippen LogP contribution < -0.4 is 0 Å². The van der Waals surface area contributed by atoms with Crippen LogP contribution in [0.4, 0.5) is 13.2 Å². The molecule has 2 aromatic rings. The van der Waals surface area contributed by atoms with Gasteiger partial charge in [-0.3, -0.25) is 0 Å². The summed E-state index contributed by atoms with van der Waals surface area (Å²) in [5.41, 5.74) is 3.40. The highest BCUT2D eigenvalue weighted by Crippen LogP contribution is 2.39. The van der Waals surface area contributed by atoms with E-state index < -0.39 is 18.5 Å². The van der Waals surface area contributed by atoms with Gasteiger partial charge in [-0.1, -0.05) is 75.2 Å². The van der Waals surface area contributed by atoms with Gasteiger partial charge in [-0.15, -0.1) is 0 Å². The third-order valence-corrected chi connectivity index (χ3v) is 6.30. The monoisotopic (exact) mass is 388 g/mol. The molecule has 2 aromatic carbocycles. The average Bonchev–Trinajstić information content (AvgIpc) is 2.73. The fraction of sp³-hybridized carbons (Fsp3) is 0.520. The summed E-state index contributed by atoms with van der Waals surface area (Å²) in [6.45, 7) is 3.92. The van der Waals surface area contributed by atoms with Crippen LogP contribution in [0.5, 0.6) is 0 Å². The van der Waals surface area contributed by atoms with E-state index in [1.165, 1.54) is 49.8 Å². The second kappa shape index (κ2) is 9.15. The standard InChI is InChI=1S/C25H31F3/c1-3-17-25(27,28)24(26)23-15-13-22(14-16-23)21-11-9-20(10-12-21)19-7-5-18(4-2)6-8-19/h9-16,18-19,24H,3-8,17H2,1-2H3/t18-,19-,24?. The zero-order valence-corrected chi connectivity index (χ0v) is 16.9. The van der Waals surface area contributed by atoms with Crippen molar-refractivity contribution in [1.82, 2.24) is 0 Å². The first kappa shape index (κ1) is 21.0. The summed E-state index contributed by atoms with van der Waals surface area (Å²) < 4.78 is 41.8. The Morgan fingerprint density at radius 1 is 0.857 bits per heavy atom. The van der Waals surface area contributed by atoms with Gasteiger partial charge < -0.3 is 0 Å². The number of hydrogen-bond acceptors (Lipinski definition) is 0. The van der Waals surface area contributed by atoms with Gasteiger partial charge in [-0.2, -0.15) is 0 Å². The molecule has 1 saturated carbocycles. The van der Waals surface area contributed by atoms with E-state index in [0.717, 1.165) is 17.0 Å². The molecule has 0 amide bonds. The normalized spacial score (nSPS) is 21.5. The molecule has 0 radical (unpaired) electrons. The van der Waals surface area contributed by atoms with Crippen LogP contribution in [0.15, 0.2) is 48.5 Å². The van der Waals surface area contributed by atoms with Gasteiger partial charge in [0.2, 0.25) is 0 Å². The molecule has 1 aliphatic rings. The molecule has 1 atom stereocenters. The summed E-state index contributed by atoms with van der Waals surface area (Å²) in [6.07, 6.45) is 4.02. The summed E-state index contributed by atoms with van der Waals surface area (Å²) in [6, 6.07) is 15.0. The lowest BCUT2D eigenvalue weighted by molar-refractivity contribution is -0.0807. The van der Waals surface area contributed by atoms with Crippen molar-refractivity contribution in [2.45, 2.75) is 76.8 Å². The lowest BCUT2D eigenvalue weighted by Gasteiger charge is -2.28. The van der Waals surface area contributed by atoms with Gasteiger partial charge in [0.1, 0.15) is 0 Å². The number of benzene rings is 2. The third-order valence-electron chi connectivity index (χ3n) is 6.30. The van der Waals surface area contributed by atoms with Crippen molar-refractivity contribution in [1.29, 1.82) is 0 Å². The molecule has 1 unspecified atom stereocenters. The van der Waals surface area contributed by atoms with Crippen LogP contribution in [0.1, 0.15) is 82.0 Å². The van der Waals surface area contributed by atoms with Gasteiger partial charge in [0.05, 0.1) is 0 Å². The Kier molecular flexibility index (Phi) is 6.85. The van der Waals surface area contributed by atoms with Crippen LogP contribution in [0.25, 0.3) is 11.1 Å². The Morgan fingerprint density at radius 3 is 1.89 bits per heavy atom. The second-order valence-electron chi connectivity index (χ2n) is 8.24. The smallest absolute Gasteiger partial charge is 0.236 e. The molecular formula is C25H31F3. The van der Waals surface area contributed by atoms with Crippen LogP contribution in [-0.4, -0.2) is 5.92 Å². The van der Waals surface area contributed by atoms with E-state index in [-0.39, 0.29) is 12.0 Å². The highest BCUT2D eigenvalue weighted by atomic mass is 19.3. The number of hydrogen-bond donors (Lipinski definition) is 0. The molecule has 3 heteroatoms. The topological polar surface area (TPSA) is 0 Å². The predicted octanol–water partition coefficient (Wildman–Crippen LogP) is 8.48. The SMILES string of the molecule is CCCC(F)(F)C(F)c1ccc(-c2ccc([C@H]3CC[C@H](CC)CC3)cc2)cc1. The molecule has 0 saturated heterocycles. The Morgan fingerprint density at radius 2 is 1.39 bits per heavy atom. The summed E-state index contributed by atoms with van der Waals surface area (Å²) in [5, 5.41) is 0. The molecule has 152 valence electrons. The van der Waals surface area contributed by atoms with E-state index in [1.807, 2.05) is 0 Å². The van der Waals surface area contributed by atoms with Crippen molar-refractivity contribution >= 4 is 0 Å². The molecule has 0 bridgehead atoms.